The first-order valence-corrected chi connectivity index (χ1v) is 5.76. The Balaban J connectivity index is 1.76. The Morgan fingerprint density at radius 1 is 1.21 bits per heavy atom. The van der Waals surface area contributed by atoms with Gasteiger partial charge in [-0.05, 0) is 28.1 Å². The van der Waals surface area contributed by atoms with Crippen LogP contribution in [0.2, 0.25) is 0 Å². The molecule has 0 fully saturated rings. The van der Waals surface area contributed by atoms with Gasteiger partial charge in [0.2, 0.25) is 0 Å². The van der Waals surface area contributed by atoms with Crippen molar-refractivity contribution in [2.45, 2.75) is 6.54 Å². The summed E-state index contributed by atoms with van der Waals surface area (Å²) in [7, 11) is 1.65. The van der Waals surface area contributed by atoms with Crippen molar-refractivity contribution in [1.82, 2.24) is 25.0 Å². The third kappa shape index (κ3) is 2.30. The fraction of sp³-hybridized carbons (Fsp3) is 0.167. The maximum Gasteiger partial charge on any atom is 0.199 e. The summed E-state index contributed by atoms with van der Waals surface area (Å²) in [4.78, 5) is 4.08. The van der Waals surface area contributed by atoms with Gasteiger partial charge in [-0.2, -0.15) is 4.52 Å². The van der Waals surface area contributed by atoms with Crippen LogP contribution >= 0.6 is 0 Å². The molecule has 7 nitrogen and oxygen atoms in total. The van der Waals surface area contributed by atoms with Crippen LogP contribution in [0.5, 0.6) is 5.75 Å². The van der Waals surface area contributed by atoms with Crippen LogP contribution in [0.3, 0.4) is 0 Å². The number of rotatable bonds is 4. The maximum atomic E-state index is 5.12. The van der Waals surface area contributed by atoms with Gasteiger partial charge in [-0.15, -0.1) is 5.10 Å². The molecule has 2 heterocycles. The average molecular weight is 256 g/mol. The molecule has 7 heteroatoms. The van der Waals surface area contributed by atoms with Gasteiger partial charge >= 0.3 is 0 Å². The molecular formula is C12H12N6O. The Kier molecular flexibility index (Phi) is 2.93. The predicted molar refractivity (Wildman–Crippen MR) is 68.9 cm³/mol. The predicted octanol–water partition coefficient (Wildman–Crippen LogP) is 1.14. The van der Waals surface area contributed by atoms with E-state index in [9.17, 15) is 0 Å². The highest BCUT2D eigenvalue weighted by atomic mass is 16.5. The first kappa shape index (κ1) is 11.4. The largest absolute Gasteiger partial charge is 0.497 e. The lowest BCUT2D eigenvalue weighted by molar-refractivity contribution is 0.414. The van der Waals surface area contributed by atoms with Crippen molar-refractivity contribution in [2.24, 2.45) is 0 Å². The van der Waals surface area contributed by atoms with E-state index in [1.54, 1.807) is 24.0 Å². The highest BCUT2D eigenvalue weighted by Crippen LogP contribution is 2.13. The molecule has 0 amide bonds. The molecule has 0 aliphatic carbocycles. The van der Waals surface area contributed by atoms with Crippen LogP contribution in [0.1, 0.15) is 5.56 Å². The first-order valence-electron chi connectivity index (χ1n) is 5.76. The van der Waals surface area contributed by atoms with Gasteiger partial charge in [0, 0.05) is 6.54 Å². The third-order valence-corrected chi connectivity index (χ3v) is 2.74. The van der Waals surface area contributed by atoms with Gasteiger partial charge in [-0.25, -0.2) is 0 Å². The summed E-state index contributed by atoms with van der Waals surface area (Å²) < 4.78 is 6.73. The zero-order valence-corrected chi connectivity index (χ0v) is 10.3. The lowest BCUT2D eigenvalue weighted by Gasteiger charge is -2.07. The zero-order valence-electron chi connectivity index (χ0n) is 10.3. The van der Waals surface area contributed by atoms with Gasteiger partial charge in [0.05, 0.1) is 19.5 Å². The fourth-order valence-electron chi connectivity index (χ4n) is 1.73. The van der Waals surface area contributed by atoms with Crippen molar-refractivity contribution >= 4 is 11.5 Å². The van der Waals surface area contributed by atoms with E-state index in [0.29, 0.717) is 12.2 Å². The Morgan fingerprint density at radius 2 is 2.05 bits per heavy atom. The summed E-state index contributed by atoms with van der Waals surface area (Å²) >= 11 is 0. The molecule has 0 bridgehead atoms. The van der Waals surface area contributed by atoms with Crippen LogP contribution in [-0.4, -0.2) is 32.1 Å². The van der Waals surface area contributed by atoms with Gasteiger partial charge in [0.1, 0.15) is 5.75 Å². The van der Waals surface area contributed by atoms with E-state index in [2.05, 4.69) is 25.8 Å². The van der Waals surface area contributed by atoms with Gasteiger partial charge in [0.25, 0.3) is 0 Å². The Hall–Kier alpha value is -2.70. The Labute approximate surface area is 109 Å². The summed E-state index contributed by atoms with van der Waals surface area (Å²) in [5.41, 5.74) is 1.74. The second-order valence-electron chi connectivity index (χ2n) is 3.94. The molecule has 0 spiro atoms. The molecule has 0 aliphatic heterocycles. The number of nitrogens with one attached hydrogen (secondary N) is 1. The molecule has 0 saturated carbocycles. The number of hydrogen-bond donors (Lipinski definition) is 1. The SMILES string of the molecule is COc1ccc(CNc2cncc3nnnn23)cc1. The number of benzene rings is 1. The maximum absolute atomic E-state index is 5.12. The molecular weight excluding hydrogens is 244 g/mol. The van der Waals surface area contributed by atoms with Gasteiger partial charge in [-0.3, -0.25) is 4.98 Å². The standard InChI is InChI=1S/C12H12N6O/c1-19-10-4-2-9(3-5-10)6-14-11-7-13-8-12-15-16-17-18(11)12/h2-5,7-8,14H,6H2,1H3. The van der Waals surface area contributed by atoms with E-state index in [1.165, 1.54) is 0 Å². The second-order valence-corrected chi connectivity index (χ2v) is 3.94. The number of tetrazole rings is 1. The van der Waals surface area contributed by atoms with E-state index in [0.717, 1.165) is 17.1 Å². The van der Waals surface area contributed by atoms with Crippen LogP contribution in [0.4, 0.5) is 5.82 Å². The minimum Gasteiger partial charge on any atom is -0.497 e. The third-order valence-electron chi connectivity index (χ3n) is 2.74. The summed E-state index contributed by atoms with van der Waals surface area (Å²) in [6.45, 7) is 0.657. The molecule has 0 saturated heterocycles. The molecule has 0 aliphatic rings. The lowest BCUT2D eigenvalue weighted by Crippen LogP contribution is -2.05. The van der Waals surface area contributed by atoms with Gasteiger partial charge in [-0.1, -0.05) is 12.1 Å². The van der Waals surface area contributed by atoms with E-state index in [1.807, 2.05) is 24.3 Å². The summed E-state index contributed by atoms with van der Waals surface area (Å²) in [5.74, 6) is 1.59. The molecule has 3 rings (SSSR count). The number of aromatic nitrogens is 5. The molecule has 1 N–H and O–H groups in total. The van der Waals surface area contributed by atoms with E-state index < -0.39 is 0 Å². The van der Waals surface area contributed by atoms with Crippen LogP contribution in [0.25, 0.3) is 5.65 Å². The topological polar surface area (TPSA) is 77.2 Å². The molecule has 3 aromatic rings. The van der Waals surface area contributed by atoms with Crippen molar-refractivity contribution in [1.29, 1.82) is 0 Å². The number of ether oxygens (including phenoxy) is 1. The zero-order chi connectivity index (χ0) is 13.1. The molecule has 19 heavy (non-hydrogen) atoms. The number of methoxy groups -OCH3 is 1. The fourth-order valence-corrected chi connectivity index (χ4v) is 1.73. The Bertz CT molecular complexity index is 678. The number of hydrogen-bond acceptors (Lipinski definition) is 6. The van der Waals surface area contributed by atoms with Gasteiger partial charge in [0.15, 0.2) is 11.5 Å². The van der Waals surface area contributed by atoms with Crippen LogP contribution in [0.15, 0.2) is 36.7 Å². The first-order chi connectivity index (χ1) is 9.36. The van der Waals surface area contributed by atoms with Crippen LogP contribution in [0, 0.1) is 0 Å². The summed E-state index contributed by atoms with van der Waals surface area (Å²) in [6.07, 6.45) is 3.30. The molecule has 0 unspecified atom stereocenters. The van der Waals surface area contributed by atoms with Crippen LogP contribution < -0.4 is 10.1 Å². The van der Waals surface area contributed by atoms with Crippen molar-refractivity contribution in [3.8, 4) is 5.75 Å². The highest BCUT2D eigenvalue weighted by Gasteiger charge is 2.03. The van der Waals surface area contributed by atoms with Crippen molar-refractivity contribution in [3.05, 3.63) is 42.2 Å². The van der Waals surface area contributed by atoms with Crippen LogP contribution in [-0.2, 0) is 6.54 Å². The molecule has 0 radical (unpaired) electrons. The smallest absolute Gasteiger partial charge is 0.199 e. The minimum atomic E-state index is 0.611. The lowest BCUT2D eigenvalue weighted by atomic mass is 10.2. The van der Waals surface area contributed by atoms with Crippen molar-refractivity contribution in [2.75, 3.05) is 12.4 Å². The Morgan fingerprint density at radius 3 is 2.84 bits per heavy atom. The summed E-state index contributed by atoms with van der Waals surface area (Å²) in [5, 5.41) is 14.6. The molecule has 1 aromatic carbocycles. The molecule has 96 valence electrons. The van der Waals surface area contributed by atoms with Gasteiger partial charge < -0.3 is 10.1 Å². The van der Waals surface area contributed by atoms with E-state index in [4.69, 9.17) is 4.74 Å². The summed E-state index contributed by atoms with van der Waals surface area (Å²) in [6, 6.07) is 7.84. The normalized spacial score (nSPS) is 10.6. The highest BCUT2D eigenvalue weighted by molar-refractivity contribution is 5.44. The second kappa shape index (κ2) is 4.89. The average Bonchev–Trinajstić information content (AvgIpc) is 2.94. The van der Waals surface area contributed by atoms with Crippen molar-refractivity contribution < 1.29 is 4.74 Å². The monoisotopic (exact) mass is 256 g/mol. The molecule has 0 atom stereocenters. The van der Waals surface area contributed by atoms with E-state index >= 15 is 0 Å². The quantitative estimate of drug-likeness (QED) is 0.754. The minimum absolute atomic E-state index is 0.611. The number of anilines is 1. The van der Waals surface area contributed by atoms with Crippen molar-refractivity contribution in [3.63, 3.8) is 0 Å². The number of nitrogens with zero attached hydrogens (tertiary/aromatic N) is 5. The number of fused-ring (bicyclic) bond motifs is 1. The van der Waals surface area contributed by atoms with E-state index in [-0.39, 0.29) is 0 Å². The molecule has 2 aromatic heterocycles.